The maximum absolute atomic E-state index is 9.44. The van der Waals surface area contributed by atoms with Crippen LogP contribution in [0.3, 0.4) is 0 Å². The van der Waals surface area contributed by atoms with Crippen LogP contribution in [-0.4, -0.2) is 5.11 Å². The van der Waals surface area contributed by atoms with Gasteiger partial charge in [-0.1, -0.05) is 17.7 Å². The van der Waals surface area contributed by atoms with Gasteiger partial charge in [0, 0.05) is 10.6 Å². The minimum absolute atomic E-state index is 0.273. The van der Waals surface area contributed by atoms with E-state index in [2.05, 4.69) is 0 Å². The van der Waals surface area contributed by atoms with E-state index >= 15 is 0 Å². The standard InChI is InChI=1S/C10H11ClO/c1-3-7(2)9-6-8(11)4-5-10(9)12/h3-6,12H,1-2H3. The zero-order valence-electron chi connectivity index (χ0n) is 7.13. The summed E-state index contributed by atoms with van der Waals surface area (Å²) in [6.07, 6.45) is 1.94. The van der Waals surface area contributed by atoms with Gasteiger partial charge in [0.05, 0.1) is 0 Å². The average molecular weight is 183 g/mol. The number of aromatic hydroxyl groups is 1. The summed E-state index contributed by atoms with van der Waals surface area (Å²) in [6, 6.07) is 5.03. The number of benzene rings is 1. The van der Waals surface area contributed by atoms with Crippen LogP contribution in [0.2, 0.25) is 5.02 Å². The Bertz CT molecular complexity index is 316. The molecule has 0 saturated heterocycles. The quantitative estimate of drug-likeness (QED) is 0.705. The Labute approximate surface area is 77.3 Å². The van der Waals surface area contributed by atoms with Gasteiger partial charge in [-0.15, -0.1) is 0 Å². The molecule has 1 aromatic rings. The monoisotopic (exact) mass is 182 g/mol. The highest BCUT2D eigenvalue weighted by atomic mass is 35.5. The van der Waals surface area contributed by atoms with Crippen molar-refractivity contribution in [2.24, 2.45) is 0 Å². The second-order valence-corrected chi connectivity index (χ2v) is 3.07. The van der Waals surface area contributed by atoms with Gasteiger partial charge in [-0.25, -0.2) is 0 Å². The van der Waals surface area contributed by atoms with E-state index in [-0.39, 0.29) is 5.75 Å². The molecule has 0 unspecified atom stereocenters. The van der Waals surface area contributed by atoms with Gasteiger partial charge in [-0.3, -0.25) is 0 Å². The highest BCUT2D eigenvalue weighted by molar-refractivity contribution is 6.30. The molecule has 0 heterocycles. The SMILES string of the molecule is CC=C(C)c1cc(Cl)ccc1O. The molecule has 0 saturated carbocycles. The molecule has 0 aliphatic heterocycles. The van der Waals surface area contributed by atoms with Crippen LogP contribution in [0.25, 0.3) is 5.57 Å². The minimum atomic E-state index is 0.273. The number of hydrogen-bond donors (Lipinski definition) is 1. The van der Waals surface area contributed by atoms with Crippen molar-refractivity contribution in [2.45, 2.75) is 13.8 Å². The Morgan fingerprint density at radius 1 is 1.50 bits per heavy atom. The van der Waals surface area contributed by atoms with E-state index in [1.54, 1.807) is 18.2 Å². The summed E-state index contributed by atoms with van der Waals surface area (Å²) in [5.41, 5.74) is 1.82. The Balaban J connectivity index is 3.23. The van der Waals surface area contributed by atoms with E-state index in [4.69, 9.17) is 11.6 Å². The normalized spacial score (nSPS) is 11.8. The van der Waals surface area contributed by atoms with E-state index < -0.39 is 0 Å². The summed E-state index contributed by atoms with van der Waals surface area (Å²) >= 11 is 5.78. The zero-order valence-corrected chi connectivity index (χ0v) is 7.89. The van der Waals surface area contributed by atoms with Gasteiger partial charge in [-0.2, -0.15) is 0 Å². The van der Waals surface area contributed by atoms with E-state index in [0.717, 1.165) is 11.1 Å². The molecule has 0 atom stereocenters. The van der Waals surface area contributed by atoms with Gasteiger partial charge >= 0.3 is 0 Å². The summed E-state index contributed by atoms with van der Waals surface area (Å²) in [5, 5.41) is 10.1. The molecule has 1 nitrogen and oxygen atoms in total. The summed E-state index contributed by atoms with van der Waals surface area (Å²) in [7, 11) is 0. The number of phenolic OH excluding ortho intramolecular Hbond substituents is 1. The van der Waals surface area contributed by atoms with Gasteiger partial charge in [0.25, 0.3) is 0 Å². The van der Waals surface area contributed by atoms with Crippen molar-refractivity contribution in [1.82, 2.24) is 0 Å². The van der Waals surface area contributed by atoms with Gasteiger partial charge in [0.1, 0.15) is 5.75 Å². The third kappa shape index (κ3) is 1.80. The fourth-order valence-corrected chi connectivity index (χ4v) is 1.15. The highest BCUT2D eigenvalue weighted by Crippen LogP contribution is 2.27. The van der Waals surface area contributed by atoms with E-state index in [0.29, 0.717) is 5.02 Å². The van der Waals surface area contributed by atoms with Crippen LogP contribution >= 0.6 is 11.6 Å². The molecule has 1 rings (SSSR count). The Morgan fingerprint density at radius 2 is 2.17 bits per heavy atom. The number of halogens is 1. The lowest BCUT2D eigenvalue weighted by Gasteiger charge is -2.04. The maximum Gasteiger partial charge on any atom is 0.123 e. The van der Waals surface area contributed by atoms with Crippen molar-refractivity contribution in [2.75, 3.05) is 0 Å². The molecule has 0 radical (unpaired) electrons. The van der Waals surface area contributed by atoms with Crippen LogP contribution in [0.15, 0.2) is 24.3 Å². The summed E-state index contributed by atoms with van der Waals surface area (Å²) in [6.45, 7) is 3.86. The van der Waals surface area contributed by atoms with Crippen LogP contribution < -0.4 is 0 Å². The second-order valence-electron chi connectivity index (χ2n) is 2.63. The topological polar surface area (TPSA) is 20.2 Å². The van der Waals surface area contributed by atoms with Crippen LogP contribution in [0, 0.1) is 0 Å². The highest BCUT2D eigenvalue weighted by Gasteiger charge is 2.02. The van der Waals surface area contributed by atoms with Crippen molar-refractivity contribution in [3.8, 4) is 5.75 Å². The Hall–Kier alpha value is -0.950. The first kappa shape index (κ1) is 9.14. The minimum Gasteiger partial charge on any atom is -0.507 e. The van der Waals surface area contributed by atoms with Crippen molar-refractivity contribution in [3.05, 3.63) is 34.9 Å². The zero-order chi connectivity index (χ0) is 9.14. The molecular formula is C10H11ClO. The van der Waals surface area contributed by atoms with Crippen LogP contribution in [-0.2, 0) is 0 Å². The number of rotatable bonds is 1. The molecule has 0 aliphatic rings. The lowest BCUT2D eigenvalue weighted by molar-refractivity contribution is 0.473. The molecule has 0 fully saturated rings. The average Bonchev–Trinajstić information content (AvgIpc) is 2.08. The fourth-order valence-electron chi connectivity index (χ4n) is 0.980. The predicted octanol–water partition coefficient (Wildman–Crippen LogP) is 3.47. The number of allylic oxidation sites excluding steroid dienone is 2. The molecule has 12 heavy (non-hydrogen) atoms. The van der Waals surface area contributed by atoms with E-state index in [9.17, 15) is 5.11 Å². The molecule has 64 valence electrons. The Morgan fingerprint density at radius 3 is 2.75 bits per heavy atom. The molecule has 0 spiro atoms. The first-order chi connectivity index (χ1) is 5.65. The molecule has 0 aliphatic carbocycles. The first-order valence-electron chi connectivity index (χ1n) is 3.77. The molecule has 1 N–H and O–H groups in total. The molecular weight excluding hydrogens is 172 g/mol. The van der Waals surface area contributed by atoms with E-state index in [1.165, 1.54) is 0 Å². The van der Waals surface area contributed by atoms with Gasteiger partial charge in [0.2, 0.25) is 0 Å². The van der Waals surface area contributed by atoms with Gasteiger partial charge in [-0.05, 0) is 37.6 Å². The van der Waals surface area contributed by atoms with E-state index in [1.807, 2.05) is 19.9 Å². The second kappa shape index (κ2) is 3.63. The molecule has 2 heteroatoms. The Kier molecular flexibility index (Phi) is 2.77. The molecule has 0 aromatic heterocycles. The summed E-state index contributed by atoms with van der Waals surface area (Å²) in [4.78, 5) is 0. The van der Waals surface area contributed by atoms with Crippen LogP contribution in [0.4, 0.5) is 0 Å². The van der Waals surface area contributed by atoms with Crippen molar-refractivity contribution in [3.63, 3.8) is 0 Å². The molecule has 0 amide bonds. The lowest BCUT2D eigenvalue weighted by Crippen LogP contribution is -1.80. The van der Waals surface area contributed by atoms with Crippen molar-refractivity contribution in [1.29, 1.82) is 0 Å². The first-order valence-corrected chi connectivity index (χ1v) is 4.14. The fraction of sp³-hybridized carbons (Fsp3) is 0.200. The van der Waals surface area contributed by atoms with Crippen LogP contribution in [0.5, 0.6) is 5.75 Å². The van der Waals surface area contributed by atoms with Gasteiger partial charge in [0.15, 0.2) is 0 Å². The largest absolute Gasteiger partial charge is 0.507 e. The van der Waals surface area contributed by atoms with Crippen LogP contribution in [0.1, 0.15) is 19.4 Å². The summed E-state index contributed by atoms with van der Waals surface area (Å²) < 4.78 is 0. The maximum atomic E-state index is 9.44. The third-order valence-electron chi connectivity index (χ3n) is 1.82. The molecule has 0 bridgehead atoms. The van der Waals surface area contributed by atoms with Crippen molar-refractivity contribution >= 4 is 17.2 Å². The molecule has 1 aromatic carbocycles. The summed E-state index contributed by atoms with van der Waals surface area (Å²) in [5.74, 6) is 0.273. The van der Waals surface area contributed by atoms with Crippen molar-refractivity contribution < 1.29 is 5.11 Å². The lowest BCUT2D eigenvalue weighted by atomic mass is 10.1. The number of hydrogen-bond acceptors (Lipinski definition) is 1. The van der Waals surface area contributed by atoms with Gasteiger partial charge < -0.3 is 5.11 Å². The predicted molar refractivity (Wildman–Crippen MR) is 52.4 cm³/mol. The number of phenols is 1. The third-order valence-corrected chi connectivity index (χ3v) is 2.05. The smallest absolute Gasteiger partial charge is 0.123 e.